The lowest BCUT2D eigenvalue weighted by Gasteiger charge is -2.13. The van der Waals surface area contributed by atoms with Gasteiger partial charge in [0.05, 0.1) is 5.69 Å². The third kappa shape index (κ3) is 4.80. The summed E-state index contributed by atoms with van der Waals surface area (Å²) in [4.78, 5) is 12.8. The first kappa shape index (κ1) is 17.1. The van der Waals surface area contributed by atoms with Crippen molar-refractivity contribution in [3.8, 4) is 0 Å². The second-order valence-corrected chi connectivity index (χ2v) is 6.37. The van der Waals surface area contributed by atoms with E-state index >= 15 is 0 Å². The van der Waals surface area contributed by atoms with E-state index < -0.39 is 10.0 Å². The Morgan fingerprint density at radius 3 is 2.48 bits per heavy atom. The summed E-state index contributed by atoms with van der Waals surface area (Å²) in [5, 5.41) is 5.75. The van der Waals surface area contributed by atoms with Crippen molar-refractivity contribution in [1.82, 2.24) is 14.9 Å². The maximum absolute atomic E-state index is 11.7. The summed E-state index contributed by atoms with van der Waals surface area (Å²) in [6.45, 7) is 0.935. The van der Waals surface area contributed by atoms with Crippen LogP contribution in [-0.4, -0.2) is 53.6 Å². The normalized spacial score (nSPS) is 11.0. The number of carbonyl (C=O) groups excluding carboxylic acids is 1. The molecule has 8 nitrogen and oxygen atoms in total. The van der Waals surface area contributed by atoms with Crippen molar-refractivity contribution in [2.24, 2.45) is 0 Å². The van der Waals surface area contributed by atoms with Gasteiger partial charge in [-0.2, -0.15) is 0 Å². The zero-order valence-corrected chi connectivity index (χ0v) is 13.1. The highest BCUT2D eigenvalue weighted by Crippen LogP contribution is 2.21. The number of carbonyl (C=O) groups is 1. The fourth-order valence-electron chi connectivity index (χ4n) is 1.55. The van der Waals surface area contributed by atoms with Crippen LogP contribution in [0, 0.1) is 0 Å². The predicted molar refractivity (Wildman–Crippen MR) is 82.7 cm³/mol. The molecule has 0 bridgehead atoms. The Balaban J connectivity index is 2.59. The standard InChI is InChI=1S/C12H21N5O3S/c1-14-21(19,20)11-5-4-9(8-10(11)13)15-6-7-16-12(18)17(2)3/h4-5,8,14-15H,6-7,13H2,1-3H3,(H,16,18). The average molecular weight is 315 g/mol. The third-order valence-electron chi connectivity index (χ3n) is 2.70. The number of sulfonamides is 1. The van der Waals surface area contributed by atoms with E-state index in [1.54, 1.807) is 20.2 Å². The number of urea groups is 1. The number of nitrogens with one attached hydrogen (secondary N) is 3. The maximum Gasteiger partial charge on any atom is 0.316 e. The van der Waals surface area contributed by atoms with Gasteiger partial charge in [0.2, 0.25) is 10.0 Å². The van der Waals surface area contributed by atoms with Gasteiger partial charge >= 0.3 is 6.03 Å². The van der Waals surface area contributed by atoms with Crippen molar-refractivity contribution < 1.29 is 13.2 Å². The lowest BCUT2D eigenvalue weighted by Crippen LogP contribution is -2.37. The highest BCUT2D eigenvalue weighted by Gasteiger charge is 2.15. The number of benzene rings is 1. The second kappa shape index (κ2) is 7.14. The van der Waals surface area contributed by atoms with Gasteiger partial charge in [-0.15, -0.1) is 0 Å². The summed E-state index contributed by atoms with van der Waals surface area (Å²) in [6, 6.07) is 4.42. The number of hydrogen-bond donors (Lipinski definition) is 4. The van der Waals surface area contributed by atoms with Gasteiger partial charge in [-0.05, 0) is 25.2 Å². The van der Waals surface area contributed by atoms with Crippen molar-refractivity contribution in [3.05, 3.63) is 18.2 Å². The zero-order chi connectivity index (χ0) is 16.0. The minimum atomic E-state index is -3.56. The van der Waals surface area contributed by atoms with Gasteiger partial charge in [0.1, 0.15) is 4.90 Å². The van der Waals surface area contributed by atoms with Crippen LogP contribution in [-0.2, 0) is 10.0 Å². The van der Waals surface area contributed by atoms with Gasteiger partial charge < -0.3 is 21.3 Å². The van der Waals surface area contributed by atoms with Crippen molar-refractivity contribution in [2.45, 2.75) is 4.90 Å². The lowest BCUT2D eigenvalue weighted by atomic mass is 10.3. The highest BCUT2D eigenvalue weighted by atomic mass is 32.2. The van der Waals surface area contributed by atoms with Gasteiger partial charge in [-0.3, -0.25) is 0 Å². The van der Waals surface area contributed by atoms with Gasteiger partial charge in [-0.1, -0.05) is 0 Å². The van der Waals surface area contributed by atoms with E-state index in [0.717, 1.165) is 0 Å². The fourth-order valence-corrected chi connectivity index (χ4v) is 2.38. The Kier molecular flexibility index (Phi) is 5.79. The average Bonchev–Trinajstić information content (AvgIpc) is 2.43. The SMILES string of the molecule is CNS(=O)(=O)c1ccc(NCCNC(=O)N(C)C)cc1N. The van der Waals surface area contributed by atoms with Crippen LogP contribution in [0.4, 0.5) is 16.2 Å². The smallest absolute Gasteiger partial charge is 0.316 e. The molecule has 0 aromatic heterocycles. The van der Waals surface area contributed by atoms with E-state index in [-0.39, 0.29) is 16.6 Å². The van der Waals surface area contributed by atoms with E-state index in [0.29, 0.717) is 18.8 Å². The third-order valence-corrected chi connectivity index (χ3v) is 4.19. The molecule has 118 valence electrons. The number of rotatable bonds is 6. The van der Waals surface area contributed by atoms with E-state index in [1.165, 1.54) is 24.1 Å². The molecule has 0 radical (unpaired) electrons. The van der Waals surface area contributed by atoms with Crippen LogP contribution in [0.5, 0.6) is 0 Å². The maximum atomic E-state index is 11.7. The zero-order valence-electron chi connectivity index (χ0n) is 12.3. The Bertz CT molecular complexity index is 601. The van der Waals surface area contributed by atoms with Crippen LogP contribution in [0.15, 0.2) is 23.1 Å². The Labute approximate surface area is 124 Å². The molecular formula is C12H21N5O3S. The first-order valence-electron chi connectivity index (χ1n) is 6.30. The van der Waals surface area contributed by atoms with E-state index in [9.17, 15) is 13.2 Å². The number of nitrogen functional groups attached to an aromatic ring is 1. The molecule has 0 fully saturated rings. The Morgan fingerprint density at radius 2 is 1.95 bits per heavy atom. The minimum Gasteiger partial charge on any atom is -0.398 e. The van der Waals surface area contributed by atoms with E-state index in [2.05, 4.69) is 15.4 Å². The monoisotopic (exact) mass is 315 g/mol. The Hall–Kier alpha value is -2.00. The molecule has 0 unspecified atom stereocenters. The fraction of sp³-hybridized carbons (Fsp3) is 0.417. The summed E-state index contributed by atoms with van der Waals surface area (Å²) in [5.41, 5.74) is 6.58. The molecule has 0 saturated heterocycles. The molecule has 21 heavy (non-hydrogen) atoms. The molecular weight excluding hydrogens is 294 g/mol. The number of nitrogens with zero attached hydrogens (tertiary/aromatic N) is 1. The van der Waals surface area contributed by atoms with Crippen LogP contribution in [0.3, 0.4) is 0 Å². The summed E-state index contributed by atoms with van der Waals surface area (Å²) >= 11 is 0. The first-order chi connectivity index (χ1) is 9.77. The van der Waals surface area contributed by atoms with Crippen molar-refractivity contribution in [3.63, 3.8) is 0 Å². The molecule has 2 amide bonds. The molecule has 1 aromatic carbocycles. The predicted octanol–water partition coefficient (Wildman–Crippen LogP) is -0.140. The van der Waals surface area contributed by atoms with Crippen LogP contribution < -0.4 is 21.1 Å². The van der Waals surface area contributed by atoms with Gasteiger partial charge in [0.25, 0.3) is 0 Å². The molecule has 0 saturated carbocycles. The van der Waals surface area contributed by atoms with Crippen LogP contribution in [0.1, 0.15) is 0 Å². The molecule has 5 N–H and O–H groups in total. The highest BCUT2D eigenvalue weighted by molar-refractivity contribution is 7.89. The number of hydrogen-bond acceptors (Lipinski definition) is 5. The van der Waals surface area contributed by atoms with E-state index in [1.807, 2.05) is 0 Å². The van der Waals surface area contributed by atoms with Gasteiger partial charge in [0.15, 0.2) is 0 Å². The summed E-state index contributed by atoms with van der Waals surface area (Å²) in [6.07, 6.45) is 0. The van der Waals surface area contributed by atoms with Gasteiger partial charge in [0, 0.05) is 32.9 Å². The van der Waals surface area contributed by atoms with Crippen molar-refractivity contribution in [2.75, 3.05) is 45.3 Å². The van der Waals surface area contributed by atoms with Crippen LogP contribution in [0.2, 0.25) is 0 Å². The molecule has 0 aliphatic heterocycles. The molecule has 0 heterocycles. The molecule has 0 spiro atoms. The summed E-state index contributed by atoms with van der Waals surface area (Å²) in [7, 11) is 1.09. The van der Waals surface area contributed by atoms with Gasteiger partial charge in [-0.25, -0.2) is 17.9 Å². The van der Waals surface area contributed by atoms with E-state index in [4.69, 9.17) is 5.73 Å². The van der Waals surface area contributed by atoms with Crippen molar-refractivity contribution >= 4 is 27.4 Å². The molecule has 9 heteroatoms. The topological polar surface area (TPSA) is 117 Å². The van der Waals surface area contributed by atoms with Crippen LogP contribution in [0.25, 0.3) is 0 Å². The minimum absolute atomic E-state index is 0.0384. The molecule has 0 aliphatic carbocycles. The summed E-state index contributed by atoms with van der Waals surface area (Å²) < 4.78 is 25.6. The largest absolute Gasteiger partial charge is 0.398 e. The summed E-state index contributed by atoms with van der Waals surface area (Å²) in [5.74, 6) is 0. The number of amides is 2. The molecule has 1 rings (SSSR count). The quantitative estimate of drug-likeness (QED) is 0.431. The second-order valence-electron chi connectivity index (χ2n) is 4.51. The lowest BCUT2D eigenvalue weighted by molar-refractivity contribution is 0.218. The molecule has 1 aromatic rings. The molecule has 0 atom stereocenters. The first-order valence-corrected chi connectivity index (χ1v) is 7.78. The van der Waals surface area contributed by atoms with Crippen molar-refractivity contribution in [1.29, 1.82) is 0 Å². The number of nitrogens with two attached hydrogens (primary N) is 1. The van der Waals surface area contributed by atoms with Crippen LogP contribution >= 0.6 is 0 Å². The number of anilines is 2. The Morgan fingerprint density at radius 1 is 1.29 bits per heavy atom. The molecule has 0 aliphatic rings.